The quantitative estimate of drug-likeness (QED) is 0.504. The van der Waals surface area contributed by atoms with Gasteiger partial charge in [-0.05, 0) is 66.9 Å². The number of nitrogens with two attached hydrogens (primary N) is 2. The zero-order valence-electron chi connectivity index (χ0n) is 18.5. The van der Waals surface area contributed by atoms with Crippen LogP contribution in [0, 0.1) is 23.7 Å². The molecule has 6 N–H and O–H groups in total. The predicted molar refractivity (Wildman–Crippen MR) is 123 cm³/mol. The molecule has 6 unspecified atom stereocenters. The van der Waals surface area contributed by atoms with Gasteiger partial charge in [0, 0.05) is 28.6 Å². The van der Waals surface area contributed by atoms with Crippen molar-refractivity contribution in [1.29, 1.82) is 0 Å². The van der Waals surface area contributed by atoms with E-state index in [1.165, 1.54) is 25.7 Å². The third kappa shape index (κ3) is 4.04. The third-order valence-corrected chi connectivity index (χ3v) is 7.88. The molecular weight excluding hydrogens is 372 g/mol. The van der Waals surface area contributed by atoms with E-state index in [0.717, 1.165) is 47.6 Å². The van der Waals surface area contributed by atoms with E-state index >= 15 is 0 Å². The molecule has 2 aliphatic rings. The Morgan fingerprint density at radius 3 is 1.93 bits per heavy atom. The maximum absolute atomic E-state index is 11.2. The second kappa shape index (κ2) is 8.76. The Bertz CT molecular complexity index is 896. The van der Waals surface area contributed by atoms with Crippen molar-refractivity contribution in [1.82, 2.24) is 0 Å². The molecule has 30 heavy (non-hydrogen) atoms. The highest BCUT2D eigenvalue weighted by molar-refractivity contribution is 5.94. The number of fused-ring (bicyclic) bond motifs is 1. The van der Waals surface area contributed by atoms with E-state index in [1.54, 1.807) is 12.1 Å². The zero-order chi connectivity index (χ0) is 21.4. The van der Waals surface area contributed by atoms with Crippen molar-refractivity contribution in [2.45, 2.75) is 77.3 Å². The number of phenols is 2. The van der Waals surface area contributed by atoms with Gasteiger partial charge in [-0.25, -0.2) is 0 Å². The Hall–Kier alpha value is -1.78. The van der Waals surface area contributed by atoms with Crippen LogP contribution in [0.4, 0.5) is 0 Å². The molecule has 2 aromatic rings. The van der Waals surface area contributed by atoms with Gasteiger partial charge in [0.1, 0.15) is 11.5 Å². The molecule has 4 rings (SSSR count). The van der Waals surface area contributed by atoms with Gasteiger partial charge in [0.15, 0.2) is 0 Å². The van der Waals surface area contributed by atoms with Crippen molar-refractivity contribution in [3.63, 3.8) is 0 Å². The summed E-state index contributed by atoms with van der Waals surface area (Å²) < 4.78 is 0. The molecule has 2 fully saturated rings. The van der Waals surface area contributed by atoms with E-state index in [1.807, 2.05) is 12.1 Å². The van der Waals surface area contributed by atoms with Crippen LogP contribution in [-0.4, -0.2) is 10.2 Å². The van der Waals surface area contributed by atoms with Crippen molar-refractivity contribution in [2.24, 2.45) is 35.1 Å². The van der Waals surface area contributed by atoms with Crippen molar-refractivity contribution in [2.75, 3.05) is 0 Å². The monoisotopic (exact) mass is 410 g/mol. The number of rotatable bonds is 4. The van der Waals surface area contributed by atoms with Crippen LogP contribution in [0.2, 0.25) is 0 Å². The molecular formula is C26H38N2O2. The number of hydrogen-bond donors (Lipinski definition) is 4. The number of phenolic OH excluding ortho intramolecular Hbond substituents is 2. The largest absolute Gasteiger partial charge is 0.508 e. The van der Waals surface area contributed by atoms with Crippen LogP contribution < -0.4 is 11.5 Å². The van der Waals surface area contributed by atoms with Gasteiger partial charge in [0.25, 0.3) is 0 Å². The van der Waals surface area contributed by atoms with Crippen molar-refractivity contribution < 1.29 is 10.2 Å². The van der Waals surface area contributed by atoms with Crippen LogP contribution in [0.3, 0.4) is 0 Å². The van der Waals surface area contributed by atoms with Crippen LogP contribution in [0.15, 0.2) is 24.3 Å². The standard InChI is InChI=1S/C26H38N2O2/c1-15-5-3-7-17(13-15)24(27)21-10-9-19-20(26(21)30)11-12-22(29)23(19)25(28)18-8-4-6-16(2)14-18/h9-12,15-18,24-25,29-30H,3-8,13-14,27-28H2,1-2H3. The fourth-order valence-electron chi connectivity index (χ4n) is 6.14. The molecule has 0 amide bonds. The minimum absolute atomic E-state index is 0.165. The lowest BCUT2D eigenvalue weighted by Crippen LogP contribution is -2.27. The lowest BCUT2D eigenvalue weighted by atomic mass is 9.75. The van der Waals surface area contributed by atoms with Crippen molar-refractivity contribution in [3.8, 4) is 11.5 Å². The van der Waals surface area contributed by atoms with E-state index in [2.05, 4.69) is 13.8 Å². The first-order valence-electron chi connectivity index (χ1n) is 11.8. The highest BCUT2D eigenvalue weighted by Crippen LogP contribution is 2.45. The molecule has 0 aliphatic heterocycles. The summed E-state index contributed by atoms with van der Waals surface area (Å²) in [5, 5.41) is 23.5. The first-order chi connectivity index (χ1) is 14.4. The van der Waals surface area contributed by atoms with Crippen molar-refractivity contribution in [3.05, 3.63) is 35.4 Å². The molecule has 0 spiro atoms. The molecule has 0 bridgehead atoms. The van der Waals surface area contributed by atoms with Crippen LogP contribution in [-0.2, 0) is 0 Å². The minimum atomic E-state index is -0.227. The third-order valence-electron chi connectivity index (χ3n) is 7.88. The summed E-state index contributed by atoms with van der Waals surface area (Å²) in [7, 11) is 0. The maximum Gasteiger partial charge on any atom is 0.128 e. The smallest absolute Gasteiger partial charge is 0.128 e. The number of benzene rings is 2. The van der Waals surface area contributed by atoms with Crippen molar-refractivity contribution >= 4 is 10.8 Å². The van der Waals surface area contributed by atoms with Gasteiger partial charge < -0.3 is 21.7 Å². The Balaban J connectivity index is 1.70. The molecule has 2 aromatic carbocycles. The summed E-state index contributed by atoms with van der Waals surface area (Å²) in [6.07, 6.45) is 9.34. The maximum atomic E-state index is 11.2. The first-order valence-corrected chi connectivity index (χ1v) is 11.8. The van der Waals surface area contributed by atoms with Gasteiger partial charge in [-0.1, -0.05) is 51.7 Å². The molecule has 4 heteroatoms. The second-order valence-electron chi connectivity index (χ2n) is 10.2. The topological polar surface area (TPSA) is 92.5 Å². The SMILES string of the molecule is CC1CCCC(C(N)c2ccc3c(C(N)C4CCCC(C)C4)c(O)ccc3c2O)C1. The molecule has 0 aromatic heterocycles. The Labute approximate surface area is 180 Å². The minimum Gasteiger partial charge on any atom is -0.508 e. The molecule has 0 heterocycles. The van der Waals surface area contributed by atoms with Gasteiger partial charge in [-0.2, -0.15) is 0 Å². The summed E-state index contributed by atoms with van der Waals surface area (Å²) in [4.78, 5) is 0. The second-order valence-corrected chi connectivity index (χ2v) is 10.2. The molecule has 2 saturated carbocycles. The molecule has 0 saturated heterocycles. The number of hydrogen-bond acceptors (Lipinski definition) is 4. The highest BCUT2D eigenvalue weighted by Gasteiger charge is 2.30. The van der Waals surface area contributed by atoms with E-state index in [4.69, 9.17) is 11.5 Å². The van der Waals surface area contributed by atoms with Gasteiger partial charge in [0.05, 0.1) is 0 Å². The molecule has 0 radical (unpaired) electrons. The Morgan fingerprint density at radius 1 is 0.767 bits per heavy atom. The zero-order valence-corrected chi connectivity index (χ0v) is 18.5. The van der Waals surface area contributed by atoms with Gasteiger partial charge in [-0.15, -0.1) is 0 Å². The predicted octanol–water partition coefficient (Wildman–Crippen LogP) is 5.90. The lowest BCUT2D eigenvalue weighted by Gasteiger charge is -2.33. The van der Waals surface area contributed by atoms with Crippen LogP contribution in [0.25, 0.3) is 10.8 Å². The first kappa shape index (κ1) is 21.5. The highest BCUT2D eigenvalue weighted by atomic mass is 16.3. The van der Waals surface area contributed by atoms with Crippen LogP contribution in [0.5, 0.6) is 11.5 Å². The summed E-state index contributed by atoms with van der Waals surface area (Å²) in [5.41, 5.74) is 15.0. The van der Waals surface area contributed by atoms with Crippen LogP contribution >= 0.6 is 0 Å². The molecule has 4 nitrogen and oxygen atoms in total. The van der Waals surface area contributed by atoms with E-state index in [9.17, 15) is 10.2 Å². The van der Waals surface area contributed by atoms with E-state index in [0.29, 0.717) is 23.7 Å². The van der Waals surface area contributed by atoms with E-state index < -0.39 is 0 Å². The fraction of sp³-hybridized carbons (Fsp3) is 0.615. The Morgan fingerprint density at radius 2 is 1.33 bits per heavy atom. The molecule has 6 atom stereocenters. The number of aromatic hydroxyl groups is 2. The summed E-state index contributed by atoms with van der Waals surface area (Å²) in [6, 6.07) is 7.07. The molecule has 164 valence electrons. The summed E-state index contributed by atoms with van der Waals surface area (Å²) in [5.74, 6) is 2.60. The van der Waals surface area contributed by atoms with E-state index in [-0.39, 0.29) is 23.6 Å². The average Bonchev–Trinajstić information content (AvgIpc) is 2.73. The fourth-order valence-corrected chi connectivity index (χ4v) is 6.14. The van der Waals surface area contributed by atoms with Gasteiger partial charge in [0.2, 0.25) is 0 Å². The normalized spacial score (nSPS) is 29.6. The summed E-state index contributed by atoms with van der Waals surface area (Å²) >= 11 is 0. The van der Waals surface area contributed by atoms with Crippen LogP contribution in [0.1, 0.15) is 88.4 Å². The van der Waals surface area contributed by atoms with Gasteiger partial charge in [-0.3, -0.25) is 0 Å². The summed E-state index contributed by atoms with van der Waals surface area (Å²) in [6.45, 7) is 4.58. The molecule has 2 aliphatic carbocycles. The average molecular weight is 411 g/mol. The lowest BCUT2D eigenvalue weighted by molar-refractivity contribution is 0.245. The Kier molecular flexibility index (Phi) is 6.26. The van der Waals surface area contributed by atoms with Gasteiger partial charge >= 0.3 is 0 Å².